The second-order valence-electron chi connectivity index (χ2n) is 6.30. The van der Waals surface area contributed by atoms with Crippen molar-refractivity contribution in [2.45, 2.75) is 19.4 Å². The van der Waals surface area contributed by atoms with E-state index in [0.29, 0.717) is 18.2 Å². The van der Waals surface area contributed by atoms with E-state index in [4.69, 9.17) is 16.3 Å². The van der Waals surface area contributed by atoms with Crippen LogP contribution in [0.3, 0.4) is 0 Å². The van der Waals surface area contributed by atoms with Gasteiger partial charge in [-0.1, -0.05) is 39.7 Å². The van der Waals surface area contributed by atoms with E-state index in [2.05, 4.69) is 20.9 Å². The van der Waals surface area contributed by atoms with E-state index in [-0.39, 0.29) is 12.1 Å². The molecule has 4 rings (SSSR count). The van der Waals surface area contributed by atoms with Crippen LogP contribution < -0.4 is 0 Å². The molecule has 4 nitrogen and oxygen atoms in total. The number of hydrogen-bond acceptors (Lipinski definition) is 2. The number of nitrogens with zero attached hydrogens (tertiary/aromatic N) is 1. The van der Waals surface area contributed by atoms with E-state index in [0.717, 1.165) is 33.1 Å². The number of benzene rings is 2. The van der Waals surface area contributed by atoms with Crippen molar-refractivity contribution in [1.29, 1.82) is 0 Å². The molecule has 0 aliphatic carbocycles. The van der Waals surface area contributed by atoms with Gasteiger partial charge in [-0.25, -0.2) is 4.79 Å². The summed E-state index contributed by atoms with van der Waals surface area (Å²) in [4.78, 5) is 17.9. The van der Waals surface area contributed by atoms with Crippen molar-refractivity contribution in [2.75, 3.05) is 13.2 Å². The standard InChI is InChI=1S/C20H18BrClN2O2/c1-2-26-20(25)24-10-9-15-16-11-14(22)7-8-17(16)23-18(15)19(24)12-3-5-13(21)6-4-12/h3-8,11,19,23H,2,9-10H2,1H3. The van der Waals surface area contributed by atoms with Gasteiger partial charge in [0.1, 0.15) is 6.04 Å². The maximum atomic E-state index is 12.6. The maximum absolute atomic E-state index is 12.6. The van der Waals surface area contributed by atoms with Gasteiger partial charge < -0.3 is 9.72 Å². The molecule has 26 heavy (non-hydrogen) atoms. The average molecular weight is 434 g/mol. The van der Waals surface area contributed by atoms with E-state index < -0.39 is 0 Å². The molecule has 3 aromatic rings. The van der Waals surface area contributed by atoms with Gasteiger partial charge >= 0.3 is 6.09 Å². The zero-order valence-corrected chi connectivity index (χ0v) is 16.6. The number of carbonyl (C=O) groups is 1. The normalized spacial score (nSPS) is 16.6. The zero-order chi connectivity index (χ0) is 18.3. The molecule has 1 aliphatic rings. The van der Waals surface area contributed by atoms with Crippen molar-refractivity contribution < 1.29 is 9.53 Å². The first-order valence-electron chi connectivity index (χ1n) is 8.57. The number of nitrogens with one attached hydrogen (secondary N) is 1. The Bertz CT molecular complexity index is 968. The maximum Gasteiger partial charge on any atom is 0.410 e. The van der Waals surface area contributed by atoms with Gasteiger partial charge in [-0.05, 0) is 54.8 Å². The Morgan fingerprint density at radius 3 is 2.81 bits per heavy atom. The third-order valence-electron chi connectivity index (χ3n) is 4.78. The largest absolute Gasteiger partial charge is 0.450 e. The monoisotopic (exact) mass is 432 g/mol. The summed E-state index contributed by atoms with van der Waals surface area (Å²) in [6.07, 6.45) is 0.476. The molecule has 0 saturated carbocycles. The van der Waals surface area contributed by atoms with Crippen LogP contribution in [-0.4, -0.2) is 29.1 Å². The molecule has 1 N–H and O–H groups in total. The van der Waals surface area contributed by atoms with Crippen LogP contribution in [0, 0.1) is 0 Å². The molecular formula is C20H18BrClN2O2. The van der Waals surface area contributed by atoms with Crippen LogP contribution in [0.25, 0.3) is 10.9 Å². The van der Waals surface area contributed by atoms with Gasteiger partial charge in [-0.2, -0.15) is 0 Å². The van der Waals surface area contributed by atoms with E-state index in [1.807, 2.05) is 49.4 Å². The van der Waals surface area contributed by atoms with Crippen LogP contribution in [0.1, 0.15) is 29.8 Å². The molecule has 2 aromatic carbocycles. The smallest absolute Gasteiger partial charge is 0.410 e. The molecular weight excluding hydrogens is 416 g/mol. The summed E-state index contributed by atoms with van der Waals surface area (Å²) in [6.45, 7) is 2.79. The molecule has 1 unspecified atom stereocenters. The summed E-state index contributed by atoms with van der Waals surface area (Å²) >= 11 is 9.68. The molecule has 2 heterocycles. The van der Waals surface area contributed by atoms with E-state index >= 15 is 0 Å². The lowest BCUT2D eigenvalue weighted by Crippen LogP contribution is -2.40. The number of hydrogen-bond donors (Lipinski definition) is 1. The van der Waals surface area contributed by atoms with Crippen molar-refractivity contribution in [2.24, 2.45) is 0 Å². The lowest BCUT2D eigenvalue weighted by Gasteiger charge is -2.35. The number of halogens is 2. The summed E-state index contributed by atoms with van der Waals surface area (Å²) in [6, 6.07) is 13.7. The number of amides is 1. The molecule has 0 bridgehead atoms. The summed E-state index contributed by atoms with van der Waals surface area (Å²) in [5.41, 5.74) is 4.33. The first kappa shape index (κ1) is 17.4. The predicted molar refractivity (Wildman–Crippen MR) is 107 cm³/mol. The lowest BCUT2D eigenvalue weighted by molar-refractivity contribution is 0.0932. The molecule has 0 fully saturated rings. The highest BCUT2D eigenvalue weighted by molar-refractivity contribution is 9.10. The van der Waals surface area contributed by atoms with Crippen LogP contribution in [0.5, 0.6) is 0 Å². The van der Waals surface area contributed by atoms with Crippen molar-refractivity contribution in [3.8, 4) is 0 Å². The molecule has 1 atom stereocenters. The summed E-state index contributed by atoms with van der Waals surface area (Å²) in [5.74, 6) is 0. The molecule has 0 spiro atoms. The van der Waals surface area contributed by atoms with Crippen molar-refractivity contribution in [3.05, 3.63) is 68.8 Å². The van der Waals surface area contributed by atoms with E-state index in [1.54, 1.807) is 4.90 Å². The van der Waals surface area contributed by atoms with Gasteiger partial charge in [0.2, 0.25) is 0 Å². The van der Waals surface area contributed by atoms with Crippen LogP contribution >= 0.6 is 27.5 Å². The highest BCUT2D eigenvalue weighted by Crippen LogP contribution is 2.39. The number of rotatable bonds is 2. The second kappa shape index (κ2) is 6.97. The van der Waals surface area contributed by atoms with Crippen LogP contribution in [-0.2, 0) is 11.2 Å². The van der Waals surface area contributed by atoms with Crippen LogP contribution in [0.4, 0.5) is 4.79 Å². The summed E-state index contributed by atoms with van der Waals surface area (Å²) in [7, 11) is 0. The topological polar surface area (TPSA) is 45.3 Å². The molecule has 0 saturated heterocycles. The number of ether oxygens (including phenoxy) is 1. The third-order valence-corrected chi connectivity index (χ3v) is 5.54. The number of carbonyl (C=O) groups excluding carboxylic acids is 1. The highest BCUT2D eigenvalue weighted by Gasteiger charge is 2.35. The fraction of sp³-hybridized carbons (Fsp3) is 0.250. The Hall–Kier alpha value is -1.98. The minimum Gasteiger partial charge on any atom is -0.450 e. The summed E-state index contributed by atoms with van der Waals surface area (Å²) in [5, 5.41) is 1.84. The number of fused-ring (bicyclic) bond motifs is 3. The fourth-order valence-corrected chi connectivity index (χ4v) is 4.09. The molecule has 1 aliphatic heterocycles. The number of aromatic nitrogens is 1. The van der Waals surface area contributed by atoms with Gasteiger partial charge in [0.05, 0.1) is 6.61 Å². The van der Waals surface area contributed by atoms with Crippen molar-refractivity contribution in [1.82, 2.24) is 9.88 Å². The van der Waals surface area contributed by atoms with Gasteiger partial charge in [0.15, 0.2) is 0 Å². The predicted octanol–water partition coefficient (Wildman–Crippen LogP) is 5.69. The highest BCUT2D eigenvalue weighted by atomic mass is 79.9. The van der Waals surface area contributed by atoms with Gasteiger partial charge in [0, 0.05) is 32.6 Å². The molecule has 1 amide bonds. The molecule has 1 aromatic heterocycles. The van der Waals surface area contributed by atoms with E-state index in [9.17, 15) is 4.79 Å². The van der Waals surface area contributed by atoms with Gasteiger partial charge in [0.25, 0.3) is 0 Å². The fourth-order valence-electron chi connectivity index (χ4n) is 3.66. The first-order chi connectivity index (χ1) is 12.6. The number of H-pyrrole nitrogens is 1. The SMILES string of the molecule is CCOC(=O)N1CCc2c([nH]c3ccc(Cl)cc23)C1c1ccc(Br)cc1. The van der Waals surface area contributed by atoms with Crippen molar-refractivity contribution >= 4 is 44.5 Å². The van der Waals surface area contributed by atoms with Crippen LogP contribution in [0.15, 0.2) is 46.9 Å². The van der Waals surface area contributed by atoms with Crippen LogP contribution in [0.2, 0.25) is 5.02 Å². The average Bonchev–Trinajstić information content (AvgIpc) is 3.00. The Labute approximate surface area is 165 Å². The van der Waals surface area contributed by atoms with Gasteiger partial charge in [-0.15, -0.1) is 0 Å². The quantitative estimate of drug-likeness (QED) is 0.564. The molecule has 134 valence electrons. The summed E-state index contributed by atoms with van der Waals surface area (Å²) < 4.78 is 6.31. The minimum absolute atomic E-state index is 0.211. The Morgan fingerprint density at radius 1 is 1.31 bits per heavy atom. The van der Waals surface area contributed by atoms with E-state index in [1.165, 1.54) is 5.56 Å². The Balaban J connectivity index is 1.88. The lowest BCUT2D eigenvalue weighted by atomic mass is 9.93. The zero-order valence-electron chi connectivity index (χ0n) is 14.3. The molecule has 0 radical (unpaired) electrons. The van der Waals surface area contributed by atoms with Gasteiger partial charge in [-0.3, -0.25) is 4.90 Å². The number of aromatic amines is 1. The van der Waals surface area contributed by atoms with Crippen molar-refractivity contribution in [3.63, 3.8) is 0 Å². The first-order valence-corrected chi connectivity index (χ1v) is 9.74. The second-order valence-corrected chi connectivity index (χ2v) is 7.66. The third kappa shape index (κ3) is 2.99. The Kier molecular flexibility index (Phi) is 4.67. The molecule has 6 heteroatoms. The minimum atomic E-state index is -0.289. The Morgan fingerprint density at radius 2 is 2.08 bits per heavy atom.